The molecule has 2 fully saturated rings. The predicted molar refractivity (Wildman–Crippen MR) is 221 cm³/mol. The van der Waals surface area contributed by atoms with Gasteiger partial charge in [-0.2, -0.15) is 26.3 Å². The molecule has 2 amide bonds. The normalized spacial score (nSPS) is 21.4. The Hall–Kier alpha value is -4.76. The van der Waals surface area contributed by atoms with Gasteiger partial charge in [0.2, 0.25) is 11.8 Å². The monoisotopic (exact) mass is 865 g/mol. The van der Waals surface area contributed by atoms with Crippen molar-refractivity contribution in [3.05, 3.63) is 130 Å². The number of hydrogen-bond acceptors (Lipinski definition) is 6. The maximum absolute atomic E-state index is 14.4. The number of amides is 2. The van der Waals surface area contributed by atoms with Crippen molar-refractivity contribution in [3.8, 4) is 0 Å². The molecule has 3 heterocycles. The van der Waals surface area contributed by atoms with Crippen molar-refractivity contribution in [2.24, 2.45) is 17.8 Å². The van der Waals surface area contributed by atoms with Crippen LogP contribution in [-0.2, 0) is 37.7 Å². The van der Waals surface area contributed by atoms with E-state index in [-0.39, 0.29) is 32.3 Å². The van der Waals surface area contributed by atoms with Gasteiger partial charge in [-0.15, -0.1) is 0 Å². The van der Waals surface area contributed by atoms with Gasteiger partial charge >= 0.3 is 12.4 Å². The first kappa shape index (κ1) is 44.3. The highest BCUT2D eigenvalue weighted by Gasteiger charge is 2.58. The van der Waals surface area contributed by atoms with E-state index in [4.69, 9.17) is 13.6 Å². The van der Waals surface area contributed by atoms with Gasteiger partial charge in [-0.1, -0.05) is 100 Å². The molecule has 0 radical (unpaired) electrons. The van der Waals surface area contributed by atoms with E-state index in [0.29, 0.717) is 41.4 Å². The van der Waals surface area contributed by atoms with E-state index in [1.807, 2.05) is 42.5 Å². The van der Waals surface area contributed by atoms with Crippen LogP contribution in [0.4, 0.5) is 32.0 Å². The number of nitrogens with zero attached hydrogens (tertiary/aromatic N) is 1. The first-order chi connectivity index (χ1) is 28.9. The van der Waals surface area contributed by atoms with Crippen molar-refractivity contribution < 1.29 is 54.6 Å². The molecule has 0 spiro atoms. The van der Waals surface area contributed by atoms with Crippen molar-refractivity contribution in [3.63, 3.8) is 0 Å². The third-order valence-corrected chi connectivity index (χ3v) is 17.2. The first-order valence-electron chi connectivity index (χ1n) is 20.5. The Kier molecular flexibility index (Phi) is 12.5. The van der Waals surface area contributed by atoms with Gasteiger partial charge in [0, 0.05) is 5.92 Å². The summed E-state index contributed by atoms with van der Waals surface area (Å²) >= 11 is 0. The second kappa shape index (κ2) is 17.2. The fourth-order valence-electron chi connectivity index (χ4n) is 9.55. The molecule has 7 rings (SSSR count). The van der Waals surface area contributed by atoms with Crippen LogP contribution in [0.5, 0.6) is 0 Å². The molecule has 1 aliphatic carbocycles. The van der Waals surface area contributed by atoms with E-state index >= 15 is 0 Å². The van der Waals surface area contributed by atoms with Gasteiger partial charge in [0.15, 0.2) is 0 Å². The fraction of sp³-hybridized carbons (Fsp3) is 0.404. The molecule has 3 aliphatic rings. The minimum Gasteiger partial charge on any atom is -0.459 e. The Bertz CT molecular complexity index is 2220. The largest absolute Gasteiger partial charge is 0.459 e. The topological polar surface area (TPSA) is 89.2 Å². The van der Waals surface area contributed by atoms with E-state index in [2.05, 4.69) is 52.0 Å². The Balaban J connectivity index is 1.30. The summed E-state index contributed by atoms with van der Waals surface area (Å²) in [5.41, 5.74) is -1.41. The number of benzene rings is 3. The average molecular weight is 866 g/mol. The molecule has 61 heavy (non-hydrogen) atoms. The highest BCUT2D eigenvalue weighted by Crippen LogP contribution is 2.52. The van der Waals surface area contributed by atoms with Crippen molar-refractivity contribution in [2.45, 2.75) is 89.9 Å². The number of rotatable bonds is 13. The quantitative estimate of drug-likeness (QED) is 0.0624. The van der Waals surface area contributed by atoms with Crippen LogP contribution in [0, 0.1) is 17.8 Å². The molecular weight excluding hydrogens is 817 g/mol. The fourth-order valence-corrected chi connectivity index (χ4v) is 14.1. The highest BCUT2D eigenvalue weighted by atomic mass is 28.4. The lowest BCUT2D eigenvalue weighted by molar-refractivity contribution is -0.143. The van der Waals surface area contributed by atoms with Crippen LogP contribution in [0.1, 0.15) is 82.4 Å². The molecule has 4 atom stereocenters. The van der Waals surface area contributed by atoms with Gasteiger partial charge in [0.05, 0.1) is 48.0 Å². The zero-order chi connectivity index (χ0) is 43.9. The minimum absolute atomic E-state index is 0.00864. The Morgan fingerprint density at radius 2 is 1.44 bits per heavy atom. The molecule has 324 valence electrons. The van der Waals surface area contributed by atoms with Gasteiger partial charge in [0.1, 0.15) is 18.1 Å². The summed E-state index contributed by atoms with van der Waals surface area (Å²) in [6.45, 7) is 8.28. The van der Waals surface area contributed by atoms with Crippen LogP contribution in [0.25, 0.3) is 6.08 Å². The molecule has 0 saturated carbocycles. The third kappa shape index (κ3) is 8.69. The number of aliphatic hydroxyl groups is 1. The van der Waals surface area contributed by atoms with E-state index in [0.717, 1.165) is 39.9 Å². The molecule has 0 unspecified atom stereocenters. The number of furan rings is 1. The summed E-state index contributed by atoms with van der Waals surface area (Å²) in [4.78, 5) is 29.3. The smallest absolute Gasteiger partial charge is 0.416 e. The lowest BCUT2D eigenvalue weighted by Crippen LogP contribution is -2.66. The van der Waals surface area contributed by atoms with Gasteiger partial charge in [-0.3, -0.25) is 9.59 Å². The molecule has 0 bridgehead atoms. The zero-order valence-electron chi connectivity index (χ0n) is 34.4. The van der Waals surface area contributed by atoms with Crippen LogP contribution < -0.4 is 15.3 Å². The molecule has 2 aliphatic heterocycles. The lowest BCUT2D eigenvalue weighted by Gasteiger charge is -2.44. The lowest BCUT2D eigenvalue weighted by atomic mass is 9.69. The number of ether oxygens (including phenoxy) is 1. The zero-order valence-corrected chi connectivity index (χ0v) is 35.4. The number of imide groups is 1. The van der Waals surface area contributed by atoms with Crippen LogP contribution >= 0.6 is 0 Å². The Labute approximate surface area is 352 Å². The van der Waals surface area contributed by atoms with E-state index < -0.39 is 78.2 Å². The van der Waals surface area contributed by atoms with Crippen molar-refractivity contribution in [2.75, 3.05) is 18.1 Å². The number of carbonyl (C=O) groups excluding carboxylic acids is 2. The maximum Gasteiger partial charge on any atom is 0.416 e. The highest BCUT2D eigenvalue weighted by molar-refractivity contribution is 6.99. The van der Waals surface area contributed by atoms with Crippen LogP contribution in [-0.4, -0.2) is 44.6 Å². The number of aliphatic hydroxyl groups excluding tert-OH is 1. The van der Waals surface area contributed by atoms with Crippen molar-refractivity contribution >= 4 is 42.3 Å². The number of alkyl halides is 6. The number of carbonyl (C=O) groups is 2. The third-order valence-electron chi connectivity index (χ3n) is 12.2. The van der Waals surface area contributed by atoms with Crippen LogP contribution in [0.3, 0.4) is 0 Å². The summed E-state index contributed by atoms with van der Waals surface area (Å²) in [6, 6.07) is 24.2. The summed E-state index contributed by atoms with van der Waals surface area (Å²) < 4.78 is 104. The van der Waals surface area contributed by atoms with Gasteiger partial charge in [0.25, 0.3) is 8.32 Å². The Morgan fingerprint density at radius 1 is 0.836 bits per heavy atom. The van der Waals surface area contributed by atoms with Gasteiger partial charge < -0.3 is 18.7 Å². The predicted octanol–water partition coefficient (Wildman–Crippen LogP) is 9.87. The summed E-state index contributed by atoms with van der Waals surface area (Å²) in [5.74, 6) is -3.51. The van der Waals surface area contributed by atoms with Gasteiger partial charge in [-0.05, 0) is 88.6 Å². The average Bonchev–Trinajstić information content (AvgIpc) is 3.92. The molecule has 7 nitrogen and oxygen atoms in total. The summed E-state index contributed by atoms with van der Waals surface area (Å²) in [5, 5.41) is 11.1. The number of fused-ring (bicyclic) bond motifs is 3. The molecule has 1 N–H and O–H groups in total. The first-order valence-corrected chi connectivity index (χ1v) is 22.4. The molecule has 1 aromatic heterocycles. The van der Waals surface area contributed by atoms with Crippen LogP contribution in [0.15, 0.2) is 112 Å². The minimum atomic E-state index is -5.18. The van der Waals surface area contributed by atoms with E-state index in [1.54, 1.807) is 12.1 Å². The SMILES string of the molecule is CCC/C(=C\c1ccc(CO)o1)CC[C@H]1OC[C@H]2C1=C(CO[Si](c1ccccc1)(c1ccccc1)C(C)(C)C)C[C@H]1C(=O)N(c3cc(C(F)(F)F)cc(C(F)(F)F)c3)C(=O)[C@H]12. The van der Waals surface area contributed by atoms with Crippen LogP contribution in [0.2, 0.25) is 5.04 Å². The van der Waals surface area contributed by atoms with Gasteiger partial charge in [-0.25, -0.2) is 4.90 Å². The van der Waals surface area contributed by atoms with Crippen molar-refractivity contribution in [1.82, 2.24) is 0 Å². The molecule has 2 saturated heterocycles. The maximum atomic E-state index is 14.4. The molecule has 3 aromatic carbocycles. The number of halogens is 6. The van der Waals surface area contributed by atoms with Crippen molar-refractivity contribution in [1.29, 1.82) is 0 Å². The van der Waals surface area contributed by atoms with E-state index in [1.165, 1.54) is 0 Å². The number of anilines is 1. The number of hydrogen-bond donors (Lipinski definition) is 1. The number of allylic oxidation sites excluding steroid dienone is 1. The molecule has 14 heteroatoms. The standard InChI is InChI=1S/C47H49F6NO6Si/c1-5-12-29(21-34-18-19-35(26-55)60-34)17-20-40-41-30(27-59-61(45(2,3)4,36-13-8-6-9-14-36)37-15-10-7-11-16-37)22-38-42(39(41)28-58-40)44(57)54(43(38)56)33-24-31(46(48,49)50)23-32(25-33)47(51,52)53/h6-11,13-16,18-19,21,23-25,38-40,42,55H,5,12,17,20,22,26-28H2,1-4H3/b29-21+/t38-,39+,40-,42-/m1/s1. The second-order valence-corrected chi connectivity index (χ2v) is 21.4. The van der Waals surface area contributed by atoms with E-state index in [9.17, 15) is 41.0 Å². The summed E-state index contributed by atoms with van der Waals surface area (Å²) in [7, 11) is -3.16. The summed E-state index contributed by atoms with van der Waals surface area (Å²) in [6.07, 6.45) is -6.27. The second-order valence-electron chi connectivity index (χ2n) is 17.1. The molecular formula is C47H49F6NO6Si. The Morgan fingerprint density at radius 3 is 1.97 bits per heavy atom. The molecule has 4 aromatic rings.